The summed E-state index contributed by atoms with van der Waals surface area (Å²) in [5.41, 5.74) is 15.1. The molecule has 0 atom stereocenters. The molecule has 0 N–H and O–H groups in total. The zero-order valence-electron chi connectivity index (χ0n) is 28.6. The molecule has 2 heteroatoms. The van der Waals surface area contributed by atoms with E-state index in [0.29, 0.717) is 0 Å². The predicted octanol–water partition coefficient (Wildman–Crippen LogP) is 13.8. The number of rotatable bonds is 5. The minimum atomic E-state index is -0.225. The van der Waals surface area contributed by atoms with E-state index in [4.69, 9.17) is 4.42 Å². The molecule has 0 aliphatic heterocycles. The highest BCUT2D eigenvalue weighted by Crippen LogP contribution is 2.57. The highest BCUT2D eigenvalue weighted by molar-refractivity contribution is 6.23. The molecule has 51 heavy (non-hydrogen) atoms. The van der Waals surface area contributed by atoms with Crippen LogP contribution in [-0.2, 0) is 5.41 Å². The highest BCUT2D eigenvalue weighted by atomic mass is 16.3. The van der Waals surface area contributed by atoms with Crippen LogP contribution in [0.25, 0.3) is 66.1 Å². The van der Waals surface area contributed by atoms with Crippen molar-refractivity contribution in [2.45, 2.75) is 19.3 Å². The fourth-order valence-corrected chi connectivity index (χ4v) is 8.42. The number of hydrogen-bond donors (Lipinski definition) is 0. The van der Waals surface area contributed by atoms with Crippen molar-refractivity contribution >= 4 is 49.8 Å². The quantitative estimate of drug-likeness (QED) is 0.184. The normalized spacial score (nSPS) is 13.1. The molecule has 0 spiro atoms. The Balaban J connectivity index is 1.19. The maximum atomic E-state index is 6.64. The molecule has 1 aromatic heterocycles. The van der Waals surface area contributed by atoms with E-state index >= 15 is 0 Å². The average molecular weight is 654 g/mol. The summed E-state index contributed by atoms with van der Waals surface area (Å²) < 4.78 is 6.64. The van der Waals surface area contributed by atoms with E-state index in [-0.39, 0.29) is 5.41 Å². The van der Waals surface area contributed by atoms with Crippen LogP contribution in [0.4, 0.5) is 17.1 Å². The van der Waals surface area contributed by atoms with Gasteiger partial charge in [-0.3, -0.25) is 0 Å². The van der Waals surface area contributed by atoms with Gasteiger partial charge in [0.25, 0.3) is 0 Å². The van der Waals surface area contributed by atoms with Crippen LogP contribution in [0.3, 0.4) is 0 Å². The summed E-state index contributed by atoms with van der Waals surface area (Å²) in [7, 11) is 0. The van der Waals surface area contributed by atoms with Crippen molar-refractivity contribution in [2.75, 3.05) is 4.90 Å². The molecule has 8 aromatic carbocycles. The Bertz CT molecular complexity index is 2660. The Morgan fingerprint density at radius 2 is 0.941 bits per heavy atom. The maximum Gasteiger partial charge on any atom is 0.143 e. The van der Waals surface area contributed by atoms with Crippen molar-refractivity contribution in [1.82, 2.24) is 0 Å². The molecule has 0 saturated heterocycles. The van der Waals surface area contributed by atoms with E-state index in [1.807, 2.05) is 0 Å². The number of fused-ring (bicyclic) bond motifs is 10. The third kappa shape index (κ3) is 4.57. The predicted molar refractivity (Wildman–Crippen MR) is 214 cm³/mol. The van der Waals surface area contributed by atoms with Crippen LogP contribution in [0.2, 0.25) is 0 Å². The molecule has 1 aliphatic carbocycles. The van der Waals surface area contributed by atoms with Gasteiger partial charge in [-0.1, -0.05) is 147 Å². The Morgan fingerprint density at radius 3 is 1.55 bits per heavy atom. The Kier molecular flexibility index (Phi) is 6.56. The largest absolute Gasteiger partial charge is 0.455 e. The maximum absolute atomic E-state index is 6.64. The van der Waals surface area contributed by atoms with Gasteiger partial charge in [0, 0.05) is 38.6 Å². The lowest BCUT2D eigenvalue weighted by Crippen LogP contribution is -2.16. The first-order valence-electron chi connectivity index (χ1n) is 17.7. The van der Waals surface area contributed by atoms with E-state index in [2.05, 4.69) is 195 Å². The van der Waals surface area contributed by atoms with Crippen molar-refractivity contribution < 1.29 is 4.42 Å². The van der Waals surface area contributed by atoms with Gasteiger partial charge >= 0.3 is 0 Å². The monoisotopic (exact) mass is 653 g/mol. The lowest BCUT2D eigenvalue weighted by Gasteiger charge is -2.27. The SMILES string of the molecule is CC1(C)c2ccc(N(c3ccc(-c4ccccc4)cc3)c3ccc(-c4ccccc4)cc3)cc2-c2c1c1c3ccccc3oc1c1ccccc21. The van der Waals surface area contributed by atoms with Crippen LogP contribution in [0.15, 0.2) is 180 Å². The van der Waals surface area contributed by atoms with E-state index in [0.717, 1.165) is 33.6 Å². The third-order valence-corrected chi connectivity index (χ3v) is 10.8. The second-order valence-electron chi connectivity index (χ2n) is 14.1. The van der Waals surface area contributed by atoms with Crippen LogP contribution in [0.5, 0.6) is 0 Å². The van der Waals surface area contributed by atoms with Gasteiger partial charge < -0.3 is 9.32 Å². The molecule has 1 aliphatic rings. The molecule has 0 fully saturated rings. The Labute approximate surface area is 297 Å². The minimum absolute atomic E-state index is 0.225. The molecule has 0 unspecified atom stereocenters. The molecule has 10 rings (SSSR count). The van der Waals surface area contributed by atoms with Crippen LogP contribution in [0, 0.1) is 0 Å². The lowest BCUT2D eigenvalue weighted by molar-refractivity contribution is 0.659. The van der Waals surface area contributed by atoms with Crippen LogP contribution in [0.1, 0.15) is 25.0 Å². The highest BCUT2D eigenvalue weighted by Gasteiger charge is 2.40. The van der Waals surface area contributed by atoms with Crippen LogP contribution >= 0.6 is 0 Å². The summed E-state index contributed by atoms with van der Waals surface area (Å²) in [6.45, 7) is 4.74. The van der Waals surface area contributed by atoms with E-state index in [9.17, 15) is 0 Å². The van der Waals surface area contributed by atoms with Crippen molar-refractivity contribution in [1.29, 1.82) is 0 Å². The first-order valence-corrected chi connectivity index (χ1v) is 17.7. The molecule has 0 saturated carbocycles. The first kappa shape index (κ1) is 29.5. The molecule has 0 amide bonds. The summed E-state index contributed by atoms with van der Waals surface area (Å²) >= 11 is 0. The third-order valence-electron chi connectivity index (χ3n) is 10.8. The molecule has 242 valence electrons. The summed E-state index contributed by atoms with van der Waals surface area (Å²) in [4.78, 5) is 2.39. The molecule has 0 bridgehead atoms. The Morgan fingerprint density at radius 1 is 0.451 bits per heavy atom. The molecular weight excluding hydrogens is 619 g/mol. The molecular formula is C49H35NO. The molecule has 0 radical (unpaired) electrons. The Hall–Kier alpha value is -6.38. The van der Waals surface area contributed by atoms with Crippen LogP contribution < -0.4 is 4.90 Å². The van der Waals surface area contributed by atoms with Gasteiger partial charge in [-0.25, -0.2) is 0 Å². The van der Waals surface area contributed by atoms with E-state index < -0.39 is 0 Å². The fourth-order valence-electron chi connectivity index (χ4n) is 8.42. The summed E-state index contributed by atoms with van der Waals surface area (Å²) in [6.07, 6.45) is 0. The molecule has 9 aromatic rings. The van der Waals surface area contributed by atoms with E-state index in [1.165, 1.54) is 60.7 Å². The average Bonchev–Trinajstić information content (AvgIpc) is 3.68. The van der Waals surface area contributed by atoms with Gasteiger partial charge in [-0.2, -0.15) is 0 Å². The number of nitrogens with zero attached hydrogens (tertiary/aromatic N) is 1. The van der Waals surface area contributed by atoms with Gasteiger partial charge in [0.2, 0.25) is 0 Å². The second kappa shape index (κ2) is 11.3. The van der Waals surface area contributed by atoms with Gasteiger partial charge in [0.1, 0.15) is 11.2 Å². The number of anilines is 3. The summed E-state index contributed by atoms with van der Waals surface area (Å²) in [5.74, 6) is 0. The molecule has 2 nitrogen and oxygen atoms in total. The fraction of sp³-hybridized carbons (Fsp3) is 0.0612. The van der Waals surface area contributed by atoms with Crippen molar-refractivity contribution in [2.24, 2.45) is 0 Å². The molecule has 1 heterocycles. The number of hydrogen-bond acceptors (Lipinski definition) is 2. The summed E-state index contributed by atoms with van der Waals surface area (Å²) in [5, 5.41) is 4.79. The number of furan rings is 1. The van der Waals surface area contributed by atoms with Gasteiger partial charge in [0.05, 0.1) is 0 Å². The van der Waals surface area contributed by atoms with Gasteiger partial charge in [0.15, 0.2) is 0 Å². The number of para-hydroxylation sites is 1. The van der Waals surface area contributed by atoms with Crippen molar-refractivity contribution in [3.05, 3.63) is 187 Å². The number of benzene rings is 8. The zero-order valence-corrected chi connectivity index (χ0v) is 28.6. The van der Waals surface area contributed by atoms with Gasteiger partial charge in [-0.15, -0.1) is 0 Å². The second-order valence-corrected chi connectivity index (χ2v) is 14.1. The van der Waals surface area contributed by atoms with Crippen LogP contribution in [-0.4, -0.2) is 0 Å². The van der Waals surface area contributed by atoms with Crippen molar-refractivity contribution in [3.8, 4) is 33.4 Å². The standard InChI is InChI=1S/C49H35NO/c1-49(2)43-30-29-38(31-42(43)45-39-17-9-10-18-40(39)48-46(47(45)49)41-19-11-12-20-44(41)51-48)50(36-25-21-34(22-26-36)32-13-5-3-6-14-32)37-27-23-35(24-28-37)33-15-7-4-8-16-33/h3-31H,1-2H3. The zero-order chi connectivity index (χ0) is 34.1. The smallest absolute Gasteiger partial charge is 0.143 e. The minimum Gasteiger partial charge on any atom is -0.455 e. The van der Waals surface area contributed by atoms with Crippen molar-refractivity contribution in [3.63, 3.8) is 0 Å². The lowest BCUT2D eigenvalue weighted by atomic mass is 9.79. The summed E-state index contributed by atoms with van der Waals surface area (Å²) in [6, 6.07) is 63.4. The van der Waals surface area contributed by atoms with E-state index in [1.54, 1.807) is 0 Å². The van der Waals surface area contributed by atoms with Gasteiger partial charge in [-0.05, 0) is 92.4 Å². The first-order chi connectivity index (χ1) is 25.1. The topological polar surface area (TPSA) is 16.4 Å².